The molecular weight excluding hydrogens is 422 g/mol. The SMILES string of the molecule is COC(=O)C1(Nc2cccc(Cl)c2)CCC2(CC1)c1ccccc1CC2CC(C)C(C)O. The molecule has 3 unspecified atom stereocenters. The van der Waals surface area contributed by atoms with Crippen LogP contribution in [-0.4, -0.2) is 29.8 Å². The van der Waals surface area contributed by atoms with Crippen LogP contribution in [0.2, 0.25) is 5.02 Å². The average molecular weight is 456 g/mol. The number of aliphatic hydroxyl groups is 1. The van der Waals surface area contributed by atoms with Crippen LogP contribution in [0.1, 0.15) is 57.1 Å². The molecule has 5 heteroatoms. The van der Waals surface area contributed by atoms with Gasteiger partial charge >= 0.3 is 5.97 Å². The Labute approximate surface area is 196 Å². The van der Waals surface area contributed by atoms with Crippen LogP contribution < -0.4 is 5.32 Å². The van der Waals surface area contributed by atoms with E-state index in [1.807, 2.05) is 31.2 Å². The summed E-state index contributed by atoms with van der Waals surface area (Å²) in [5, 5.41) is 14.3. The van der Waals surface area contributed by atoms with Gasteiger partial charge in [0.25, 0.3) is 0 Å². The zero-order valence-corrected chi connectivity index (χ0v) is 20.0. The second kappa shape index (κ2) is 9.07. The minimum atomic E-state index is -0.761. The smallest absolute Gasteiger partial charge is 0.331 e. The molecule has 4 rings (SSSR count). The predicted molar refractivity (Wildman–Crippen MR) is 129 cm³/mol. The maximum atomic E-state index is 13.0. The molecule has 0 radical (unpaired) electrons. The molecule has 2 N–H and O–H groups in total. The second-order valence-electron chi connectivity index (χ2n) is 9.88. The van der Waals surface area contributed by atoms with E-state index in [1.54, 1.807) is 0 Å². The van der Waals surface area contributed by atoms with E-state index >= 15 is 0 Å². The van der Waals surface area contributed by atoms with E-state index in [0.717, 1.165) is 31.4 Å². The largest absolute Gasteiger partial charge is 0.467 e. The Bertz CT molecular complexity index is 965. The number of aliphatic hydroxyl groups excluding tert-OH is 1. The van der Waals surface area contributed by atoms with Gasteiger partial charge in [-0.2, -0.15) is 0 Å². The summed E-state index contributed by atoms with van der Waals surface area (Å²) in [4.78, 5) is 13.0. The topological polar surface area (TPSA) is 58.6 Å². The van der Waals surface area contributed by atoms with Crippen LogP contribution in [0.5, 0.6) is 0 Å². The van der Waals surface area contributed by atoms with Crippen molar-refractivity contribution < 1.29 is 14.6 Å². The maximum Gasteiger partial charge on any atom is 0.331 e. The first-order valence-corrected chi connectivity index (χ1v) is 12.1. The minimum Gasteiger partial charge on any atom is -0.467 e. The van der Waals surface area contributed by atoms with Gasteiger partial charge in [-0.1, -0.05) is 48.9 Å². The number of halogens is 1. The molecule has 3 atom stereocenters. The molecule has 1 spiro atoms. The van der Waals surface area contributed by atoms with Crippen LogP contribution in [0.15, 0.2) is 48.5 Å². The lowest BCUT2D eigenvalue weighted by Crippen LogP contribution is -2.53. The van der Waals surface area contributed by atoms with Gasteiger partial charge in [0.2, 0.25) is 0 Å². The van der Waals surface area contributed by atoms with Crippen LogP contribution in [0, 0.1) is 11.8 Å². The molecule has 2 aliphatic carbocycles. The summed E-state index contributed by atoms with van der Waals surface area (Å²) in [6, 6.07) is 16.3. The minimum absolute atomic E-state index is 0.0350. The van der Waals surface area contributed by atoms with Gasteiger partial charge in [0.1, 0.15) is 5.54 Å². The summed E-state index contributed by atoms with van der Waals surface area (Å²) in [5.74, 6) is 0.488. The summed E-state index contributed by atoms with van der Waals surface area (Å²) in [6.45, 7) is 4.03. The van der Waals surface area contributed by atoms with Crippen molar-refractivity contribution in [3.05, 3.63) is 64.7 Å². The number of methoxy groups -OCH3 is 1. The summed E-state index contributed by atoms with van der Waals surface area (Å²) in [6.07, 6.45) is 4.91. The van der Waals surface area contributed by atoms with Crippen molar-refractivity contribution >= 4 is 23.3 Å². The van der Waals surface area contributed by atoms with E-state index in [2.05, 4.69) is 36.5 Å². The molecule has 1 saturated carbocycles. The lowest BCUT2D eigenvalue weighted by molar-refractivity contribution is -0.148. The van der Waals surface area contributed by atoms with Gasteiger partial charge in [0.15, 0.2) is 0 Å². The molecule has 32 heavy (non-hydrogen) atoms. The van der Waals surface area contributed by atoms with Crippen molar-refractivity contribution in [1.29, 1.82) is 0 Å². The average Bonchev–Trinajstić information content (AvgIpc) is 3.07. The fourth-order valence-corrected chi connectivity index (χ4v) is 6.23. The number of carbonyl (C=O) groups is 1. The highest BCUT2D eigenvalue weighted by Gasteiger charge is 2.54. The third-order valence-electron chi connectivity index (χ3n) is 8.06. The molecule has 0 heterocycles. The first-order valence-electron chi connectivity index (χ1n) is 11.7. The summed E-state index contributed by atoms with van der Waals surface area (Å²) >= 11 is 6.19. The lowest BCUT2D eigenvalue weighted by atomic mass is 9.59. The number of anilines is 1. The maximum absolute atomic E-state index is 13.0. The molecule has 1 fully saturated rings. The fraction of sp³-hybridized carbons (Fsp3) is 0.519. The number of hydrogen-bond acceptors (Lipinski definition) is 4. The van der Waals surface area contributed by atoms with Crippen molar-refractivity contribution in [3.8, 4) is 0 Å². The summed E-state index contributed by atoms with van der Waals surface area (Å²) in [7, 11) is 1.46. The zero-order chi connectivity index (χ0) is 22.9. The second-order valence-corrected chi connectivity index (χ2v) is 10.3. The van der Waals surface area contributed by atoms with E-state index in [1.165, 1.54) is 18.2 Å². The number of fused-ring (bicyclic) bond motifs is 2. The van der Waals surface area contributed by atoms with Crippen molar-refractivity contribution in [2.45, 2.75) is 69.4 Å². The van der Waals surface area contributed by atoms with E-state index < -0.39 is 5.54 Å². The van der Waals surface area contributed by atoms with Crippen LogP contribution in [-0.2, 0) is 21.4 Å². The lowest BCUT2D eigenvalue weighted by Gasteiger charge is -2.48. The molecule has 2 aliphatic rings. The molecular formula is C27H34ClNO3. The third kappa shape index (κ3) is 4.15. The molecule has 2 aromatic carbocycles. The van der Waals surface area contributed by atoms with Crippen molar-refractivity contribution in [2.24, 2.45) is 11.8 Å². The van der Waals surface area contributed by atoms with Crippen LogP contribution >= 0.6 is 11.6 Å². The first kappa shape index (κ1) is 23.1. The number of hydrogen-bond donors (Lipinski definition) is 2. The molecule has 2 aromatic rings. The standard InChI is InChI=1S/C27H34ClNO3/c1-18(19(2)30)15-21-16-20-7-4-5-10-24(20)26(21)11-13-27(14-12-26,25(31)32-3)29-23-9-6-8-22(28)17-23/h4-10,17-19,21,29-30H,11-16H2,1-3H3. The van der Waals surface area contributed by atoms with Crippen molar-refractivity contribution in [2.75, 3.05) is 12.4 Å². The van der Waals surface area contributed by atoms with E-state index in [0.29, 0.717) is 23.8 Å². The number of carbonyl (C=O) groups excluding carboxylic acids is 1. The Hall–Kier alpha value is -2.04. The monoisotopic (exact) mass is 455 g/mol. The molecule has 0 aliphatic heterocycles. The first-order chi connectivity index (χ1) is 15.3. The Kier molecular flexibility index (Phi) is 6.56. The van der Waals surface area contributed by atoms with Gasteiger partial charge in [0.05, 0.1) is 13.2 Å². The van der Waals surface area contributed by atoms with E-state index in [4.69, 9.17) is 16.3 Å². The van der Waals surface area contributed by atoms with Gasteiger partial charge in [-0.05, 0) is 92.0 Å². The van der Waals surface area contributed by atoms with Gasteiger partial charge in [-0.15, -0.1) is 0 Å². The van der Waals surface area contributed by atoms with Gasteiger partial charge < -0.3 is 15.2 Å². The quantitative estimate of drug-likeness (QED) is 0.544. The number of rotatable bonds is 6. The van der Waals surface area contributed by atoms with Crippen molar-refractivity contribution in [1.82, 2.24) is 0 Å². The normalized spacial score (nSPS) is 28.7. The number of benzene rings is 2. The predicted octanol–water partition coefficient (Wildman–Crippen LogP) is 5.76. The van der Waals surface area contributed by atoms with Gasteiger partial charge in [0, 0.05) is 10.7 Å². The van der Waals surface area contributed by atoms with Crippen LogP contribution in [0.4, 0.5) is 5.69 Å². The molecule has 0 aromatic heterocycles. The molecule has 0 amide bonds. The summed E-state index contributed by atoms with van der Waals surface area (Å²) < 4.78 is 5.27. The van der Waals surface area contributed by atoms with E-state index in [-0.39, 0.29) is 23.4 Å². The van der Waals surface area contributed by atoms with Crippen LogP contribution in [0.3, 0.4) is 0 Å². The number of nitrogens with one attached hydrogen (secondary N) is 1. The third-order valence-corrected chi connectivity index (χ3v) is 8.30. The molecule has 0 saturated heterocycles. The highest BCUT2D eigenvalue weighted by atomic mass is 35.5. The Balaban J connectivity index is 1.64. The van der Waals surface area contributed by atoms with Crippen molar-refractivity contribution in [3.63, 3.8) is 0 Å². The Morgan fingerprint density at radius 1 is 1.16 bits per heavy atom. The highest BCUT2D eigenvalue weighted by molar-refractivity contribution is 6.30. The van der Waals surface area contributed by atoms with Gasteiger partial charge in [-0.25, -0.2) is 4.79 Å². The van der Waals surface area contributed by atoms with Gasteiger partial charge in [-0.3, -0.25) is 0 Å². The highest BCUT2D eigenvalue weighted by Crippen LogP contribution is 2.56. The van der Waals surface area contributed by atoms with E-state index in [9.17, 15) is 9.90 Å². The Morgan fingerprint density at radius 2 is 1.88 bits per heavy atom. The zero-order valence-electron chi connectivity index (χ0n) is 19.2. The Morgan fingerprint density at radius 3 is 2.53 bits per heavy atom. The molecule has 4 nitrogen and oxygen atoms in total. The fourth-order valence-electron chi connectivity index (χ4n) is 6.04. The molecule has 0 bridgehead atoms. The molecule has 172 valence electrons. The number of esters is 1. The summed E-state index contributed by atoms with van der Waals surface area (Å²) in [5.41, 5.74) is 2.97. The van der Waals surface area contributed by atoms with Crippen LogP contribution in [0.25, 0.3) is 0 Å². The number of ether oxygens (including phenoxy) is 1.